The predicted molar refractivity (Wildman–Crippen MR) is 169 cm³/mol. The third kappa shape index (κ3) is 6.73. The number of sulfonamides is 1. The van der Waals surface area contributed by atoms with Crippen LogP contribution in [0.1, 0.15) is 52.7 Å². The van der Waals surface area contributed by atoms with E-state index in [4.69, 9.17) is 4.84 Å². The molecule has 2 heterocycles. The number of amides is 3. The summed E-state index contributed by atoms with van der Waals surface area (Å²) in [6.45, 7) is 5.57. The van der Waals surface area contributed by atoms with Gasteiger partial charge in [-0.2, -0.15) is 18.3 Å². The van der Waals surface area contributed by atoms with Crippen LogP contribution in [0.3, 0.4) is 0 Å². The van der Waals surface area contributed by atoms with Crippen LogP contribution in [-0.4, -0.2) is 69.6 Å². The molecule has 0 saturated carbocycles. The van der Waals surface area contributed by atoms with E-state index in [2.05, 4.69) is 10.4 Å². The molecule has 1 unspecified atom stereocenters. The monoisotopic (exact) mass is 713 g/mol. The summed E-state index contributed by atoms with van der Waals surface area (Å²) in [5.74, 6) is -2.46. The first-order valence-electron chi connectivity index (χ1n) is 14.8. The number of carbonyl (C=O) groups excluding carboxylic acids is 3. The Hall–Kier alpha value is -5.78. The number of hydrazine groups is 1. The lowest BCUT2D eigenvalue weighted by molar-refractivity contribution is -0.718. The van der Waals surface area contributed by atoms with Crippen LogP contribution in [0.4, 0.5) is 13.2 Å². The fourth-order valence-corrected chi connectivity index (χ4v) is 5.93. The van der Waals surface area contributed by atoms with Crippen LogP contribution in [0.5, 0.6) is 0 Å². The van der Waals surface area contributed by atoms with Crippen molar-refractivity contribution in [3.05, 3.63) is 106 Å². The summed E-state index contributed by atoms with van der Waals surface area (Å²) in [4.78, 5) is 43.8. The molecule has 1 aliphatic heterocycles. The molecule has 14 nitrogen and oxygen atoms in total. The zero-order chi connectivity index (χ0) is 36.8. The minimum atomic E-state index is -4.74. The molecule has 3 aromatic carbocycles. The quantitative estimate of drug-likeness (QED) is 0.105. The van der Waals surface area contributed by atoms with Gasteiger partial charge in [-0.3, -0.25) is 14.4 Å². The summed E-state index contributed by atoms with van der Waals surface area (Å²) < 4.78 is 70.0. The number of alkyl halides is 3. The molecule has 262 valence electrons. The van der Waals surface area contributed by atoms with Crippen molar-refractivity contribution in [1.82, 2.24) is 24.4 Å². The highest BCUT2D eigenvalue weighted by molar-refractivity contribution is 7.90. The Bertz CT molecular complexity index is 2080. The first-order valence-corrected chi connectivity index (χ1v) is 16.3. The van der Waals surface area contributed by atoms with Crippen molar-refractivity contribution in [2.24, 2.45) is 5.28 Å². The van der Waals surface area contributed by atoms with Gasteiger partial charge in [0, 0.05) is 5.56 Å². The molecule has 0 fully saturated rings. The van der Waals surface area contributed by atoms with Crippen LogP contribution < -0.4 is 4.72 Å². The molecule has 1 aromatic heterocycles. The second-order valence-corrected chi connectivity index (χ2v) is 13.4. The van der Waals surface area contributed by atoms with Crippen molar-refractivity contribution in [1.29, 1.82) is 0 Å². The van der Waals surface area contributed by atoms with Gasteiger partial charge in [0.1, 0.15) is 0 Å². The maximum absolute atomic E-state index is 13.6. The lowest BCUT2D eigenvalue weighted by Crippen LogP contribution is -2.56. The molecule has 0 spiro atoms. The number of rotatable bonds is 10. The van der Waals surface area contributed by atoms with E-state index in [0.29, 0.717) is 10.6 Å². The number of hydrogen-bond acceptors (Lipinski definition) is 9. The number of aromatic nitrogens is 2. The van der Waals surface area contributed by atoms with Gasteiger partial charge in [0.2, 0.25) is 11.5 Å². The molecule has 5 rings (SSSR count). The average molecular weight is 714 g/mol. The van der Waals surface area contributed by atoms with Gasteiger partial charge in [0.25, 0.3) is 27.7 Å². The smallest absolute Gasteiger partial charge is 0.435 e. The van der Waals surface area contributed by atoms with Crippen LogP contribution in [0.25, 0.3) is 16.9 Å². The number of benzene rings is 3. The molecule has 0 radical (unpaired) electrons. The summed E-state index contributed by atoms with van der Waals surface area (Å²) in [7, 11) is -3.44. The Morgan fingerprint density at radius 1 is 1.00 bits per heavy atom. The van der Waals surface area contributed by atoms with E-state index < -0.39 is 56.3 Å². The minimum absolute atomic E-state index is 0.112. The molecule has 0 aliphatic carbocycles. The van der Waals surface area contributed by atoms with Crippen molar-refractivity contribution in [2.45, 2.75) is 50.5 Å². The highest BCUT2D eigenvalue weighted by Gasteiger charge is 2.42. The van der Waals surface area contributed by atoms with E-state index in [9.17, 15) is 41.2 Å². The van der Waals surface area contributed by atoms with Crippen LogP contribution >= 0.6 is 0 Å². The van der Waals surface area contributed by atoms with E-state index in [1.165, 1.54) is 45.0 Å². The van der Waals surface area contributed by atoms with E-state index in [0.717, 1.165) is 40.4 Å². The molecule has 50 heavy (non-hydrogen) atoms. The van der Waals surface area contributed by atoms with E-state index in [1.807, 2.05) is 11.6 Å². The third-order valence-electron chi connectivity index (χ3n) is 8.05. The van der Waals surface area contributed by atoms with E-state index in [1.54, 1.807) is 36.4 Å². The van der Waals surface area contributed by atoms with Crippen molar-refractivity contribution in [2.75, 3.05) is 7.05 Å². The SMILES string of the molecule is Cc1ccc(-c2cc(C(F)(F)F)nn2-c2ccc(S(=O)(=O)NC(=O)C(C)(C)N(C)/[N+]([O-])=N\OC(C)N3C(=O)c4ccccc4C3=O)cc2)cc1. The zero-order valence-electron chi connectivity index (χ0n) is 27.2. The van der Waals surface area contributed by atoms with Gasteiger partial charge in [-0.05, 0) is 70.2 Å². The molecule has 0 bridgehead atoms. The Morgan fingerprint density at radius 3 is 2.10 bits per heavy atom. The average Bonchev–Trinajstić information content (AvgIpc) is 3.63. The molecule has 18 heteroatoms. The van der Waals surface area contributed by atoms with Crippen LogP contribution in [0.2, 0.25) is 0 Å². The topological polar surface area (TPSA) is 169 Å². The van der Waals surface area contributed by atoms with Crippen LogP contribution in [0.15, 0.2) is 89.0 Å². The van der Waals surface area contributed by atoms with Gasteiger partial charge < -0.3 is 10.0 Å². The first kappa shape index (κ1) is 35.5. The molecular weight excluding hydrogens is 683 g/mol. The van der Waals surface area contributed by atoms with Gasteiger partial charge in [-0.1, -0.05) is 42.0 Å². The lowest BCUT2D eigenvalue weighted by Gasteiger charge is -2.29. The fourth-order valence-electron chi connectivity index (χ4n) is 4.83. The van der Waals surface area contributed by atoms with Crippen LogP contribution in [-0.2, 0) is 25.8 Å². The molecule has 3 amide bonds. The molecule has 1 N–H and O–H groups in total. The van der Waals surface area contributed by atoms with Gasteiger partial charge in [0.05, 0.1) is 39.4 Å². The highest BCUT2D eigenvalue weighted by atomic mass is 32.2. The predicted octanol–water partition coefficient (Wildman–Crippen LogP) is 4.83. The summed E-state index contributed by atoms with van der Waals surface area (Å²) in [5.41, 5.74) is -1.15. The number of imide groups is 1. The van der Waals surface area contributed by atoms with Crippen molar-refractivity contribution in [3.63, 3.8) is 0 Å². The number of aryl methyl sites for hydroxylation is 1. The van der Waals surface area contributed by atoms with Gasteiger partial charge in [0.15, 0.2) is 11.2 Å². The molecular formula is C32H30F3N7O7S. The number of halogens is 3. The van der Waals surface area contributed by atoms with Crippen molar-refractivity contribution >= 4 is 27.7 Å². The highest BCUT2D eigenvalue weighted by Crippen LogP contribution is 2.33. The van der Waals surface area contributed by atoms with Crippen molar-refractivity contribution in [3.8, 4) is 16.9 Å². The largest absolute Gasteiger partial charge is 0.569 e. The second-order valence-electron chi connectivity index (χ2n) is 11.8. The number of nitrogens with zero attached hydrogens (tertiary/aromatic N) is 6. The fraction of sp³-hybridized carbons (Fsp3) is 0.250. The van der Waals surface area contributed by atoms with E-state index >= 15 is 0 Å². The van der Waals surface area contributed by atoms with Gasteiger partial charge in [-0.25, -0.2) is 22.7 Å². The number of nitrogens with one attached hydrogen (secondary N) is 1. The second kappa shape index (κ2) is 12.9. The normalized spacial score (nSPS) is 14.4. The Balaban J connectivity index is 1.29. The number of fused-ring (bicyclic) bond motifs is 1. The third-order valence-corrected chi connectivity index (χ3v) is 9.39. The Kier molecular flexibility index (Phi) is 9.18. The number of hydrogen-bond donors (Lipinski definition) is 1. The molecule has 0 saturated heterocycles. The van der Waals surface area contributed by atoms with Crippen molar-refractivity contribution < 1.29 is 45.8 Å². The summed E-state index contributed by atoms with van der Waals surface area (Å²) in [5, 5.41) is 20.5. The van der Waals surface area contributed by atoms with E-state index in [-0.39, 0.29) is 27.5 Å². The zero-order valence-corrected chi connectivity index (χ0v) is 28.0. The number of carbonyl (C=O) groups is 3. The standard InChI is InChI=1S/C32H30F3N7O7S/c1-19-10-12-21(13-11-19)26-18-27(32(33,34)35)36-41(26)22-14-16-23(17-15-22)50(47,48)37-30(45)31(3,4)39(5)42(46)38-49-20(2)40-28(43)24-8-6-7-9-25(24)29(40)44/h6-18,20H,1-5H3,(H,37,45)/b42-38+. The minimum Gasteiger partial charge on any atom is -0.569 e. The summed E-state index contributed by atoms with van der Waals surface area (Å²) in [6.07, 6.45) is -6.06. The molecule has 1 atom stereocenters. The Labute approximate surface area is 283 Å². The summed E-state index contributed by atoms with van der Waals surface area (Å²) in [6, 6.07) is 18.3. The molecule has 4 aromatic rings. The number of likely N-dealkylation sites (N-methyl/N-ethyl adjacent to an activating group) is 1. The van der Waals surface area contributed by atoms with Gasteiger partial charge in [-0.15, -0.1) is 5.01 Å². The lowest BCUT2D eigenvalue weighted by atomic mass is 10.1. The maximum Gasteiger partial charge on any atom is 0.435 e. The first-order chi connectivity index (χ1) is 23.3. The van der Waals surface area contributed by atoms with Gasteiger partial charge >= 0.3 is 6.18 Å². The Morgan fingerprint density at radius 2 is 1.56 bits per heavy atom. The van der Waals surface area contributed by atoms with Crippen LogP contribution in [0, 0.1) is 12.1 Å². The molecule has 1 aliphatic rings. The maximum atomic E-state index is 13.6. The summed E-state index contributed by atoms with van der Waals surface area (Å²) >= 11 is 0.